The summed E-state index contributed by atoms with van der Waals surface area (Å²) in [6, 6.07) is 20.7. The number of amidine groups is 1. The number of aliphatic imine (C=N–C) groups is 1. The fourth-order valence-corrected chi connectivity index (χ4v) is 4.82. The molecule has 4 rings (SSSR count). The van der Waals surface area contributed by atoms with Crippen LogP contribution >= 0.6 is 23.1 Å². The highest BCUT2D eigenvalue weighted by molar-refractivity contribution is 8.18. The maximum absolute atomic E-state index is 12.6. The summed E-state index contributed by atoms with van der Waals surface area (Å²) in [4.78, 5) is 21.9. The molecule has 3 nitrogen and oxygen atoms in total. The number of thiophene rings is 1. The Labute approximate surface area is 173 Å². The van der Waals surface area contributed by atoms with Gasteiger partial charge >= 0.3 is 0 Å². The standard InChI is InChI=1S/C23H20N2OS2/c1-15-4-8-17(9-5-15)20-13-12-19(27-20)14-21-22(26)25(3)23(28-21)24-18-10-6-16(2)7-11-18/h4-14H,1-3H3/b21-14-,24-23?. The number of hydrogen-bond donors (Lipinski definition) is 0. The average molecular weight is 405 g/mol. The summed E-state index contributed by atoms with van der Waals surface area (Å²) < 4.78 is 0. The normalized spacial score (nSPS) is 17.1. The molecular weight excluding hydrogens is 384 g/mol. The third-order valence-electron chi connectivity index (χ3n) is 4.50. The Morgan fingerprint density at radius 2 is 1.54 bits per heavy atom. The summed E-state index contributed by atoms with van der Waals surface area (Å²) in [7, 11) is 1.77. The SMILES string of the molecule is Cc1ccc(N=C2S/C(=C\c3ccc(-c4ccc(C)cc4)s3)C(=O)N2C)cc1. The van der Waals surface area contributed by atoms with E-state index in [4.69, 9.17) is 0 Å². The topological polar surface area (TPSA) is 32.7 Å². The summed E-state index contributed by atoms with van der Waals surface area (Å²) in [6.07, 6.45) is 1.96. The van der Waals surface area contributed by atoms with Gasteiger partial charge in [0.1, 0.15) is 0 Å². The van der Waals surface area contributed by atoms with Gasteiger partial charge in [0.2, 0.25) is 0 Å². The number of thioether (sulfide) groups is 1. The quantitative estimate of drug-likeness (QED) is 0.482. The molecular formula is C23H20N2OS2. The zero-order valence-electron chi connectivity index (χ0n) is 16.0. The predicted octanol–water partition coefficient (Wildman–Crippen LogP) is 6.27. The van der Waals surface area contributed by atoms with Crippen molar-refractivity contribution in [2.24, 2.45) is 4.99 Å². The number of aryl methyl sites for hydroxylation is 2. The van der Waals surface area contributed by atoms with E-state index in [1.54, 1.807) is 23.3 Å². The van der Waals surface area contributed by atoms with E-state index >= 15 is 0 Å². The van der Waals surface area contributed by atoms with Crippen LogP contribution in [0.15, 0.2) is 70.6 Å². The first-order valence-corrected chi connectivity index (χ1v) is 10.6. The number of amides is 1. The van der Waals surface area contributed by atoms with E-state index in [9.17, 15) is 4.79 Å². The maximum Gasteiger partial charge on any atom is 0.266 e. The van der Waals surface area contributed by atoms with Gasteiger partial charge in [-0.25, -0.2) is 4.99 Å². The molecule has 0 spiro atoms. The average Bonchev–Trinajstić information content (AvgIpc) is 3.25. The van der Waals surface area contributed by atoms with E-state index in [2.05, 4.69) is 48.3 Å². The summed E-state index contributed by atoms with van der Waals surface area (Å²) >= 11 is 3.11. The van der Waals surface area contributed by atoms with Crippen LogP contribution < -0.4 is 0 Å². The van der Waals surface area contributed by atoms with Gasteiger partial charge in [0, 0.05) is 16.8 Å². The van der Waals surface area contributed by atoms with E-state index in [-0.39, 0.29) is 5.91 Å². The Kier molecular flexibility index (Phi) is 5.20. The van der Waals surface area contributed by atoms with E-state index < -0.39 is 0 Å². The summed E-state index contributed by atoms with van der Waals surface area (Å²) in [5, 5.41) is 0.704. The highest BCUT2D eigenvalue weighted by Gasteiger charge is 2.30. The van der Waals surface area contributed by atoms with Gasteiger partial charge in [0.05, 0.1) is 10.6 Å². The minimum absolute atomic E-state index is 0.0128. The Morgan fingerprint density at radius 3 is 2.21 bits per heavy atom. The van der Waals surface area contributed by atoms with Crippen LogP contribution in [0.5, 0.6) is 0 Å². The molecule has 1 amide bonds. The number of likely N-dealkylation sites (N-methyl/N-ethyl adjacent to an activating group) is 1. The van der Waals surface area contributed by atoms with Crippen molar-refractivity contribution >= 4 is 45.9 Å². The highest BCUT2D eigenvalue weighted by atomic mass is 32.2. The minimum atomic E-state index is -0.0128. The zero-order valence-corrected chi connectivity index (χ0v) is 17.6. The van der Waals surface area contributed by atoms with Crippen molar-refractivity contribution < 1.29 is 4.79 Å². The molecule has 1 aliphatic rings. The second-order valence-corrected chi connectivity index (χ2v) is 8.90. The first kappa shape index (κ1) is 18.7. The van der Waals surface area contributed by atoms with Gasteiger partial charge in [-0.15, -0.1) is 11.3 Å². The Balaban J connectivity index is 1.57. The number of benzene rings is 2. The molecule has 0 unspecified atom stereocenters. The van der Waals surface area contributed by atoms with Crippen LogP contribution in [0, 0.1) is 13.8 Å². The molecule has 1 aromatic heterocycles. The lowest BCUT2D eigenvalue weighted by atomic mass is 10.1. The van der Waals surface area contributed by atoms with Crippen LogP contribution in [0.4, 0.5) is 5.69 Å². The summed E-state index contributed by atoms with van der Waals surface area (Å²) in [6.45, 7) is 4.13. The van der Waals surface area contributed by atoms with Crippen LogP contribution in [0.25, 0.3) is 16.5 Å². The number of carbonyl (C=O) groups is 1. The molecule has 1 saturated heterocycles. The van der Waals surface area contributed by atoms with Crippen molar-refractivity contribution in [1.82, 2.24) is 4.90 Å². The van der Waals surface area contributed by atoms with E-state index in [0.717, 1.165) is 10.6 Å². The predicted molar refractivity (Wildman–Crippen MR) is 121 cm³/mol. The smallest absolute Gasteiger partial charge is 0.266 e. The Bertz CT molecular complexity index is 1080. The molecule has 2 heterocycles. The van der Waals surface area contributed by atoms with Crippen molar-refractivity contribution in [3.8, 4) is 10.4 Å². The van der Waals surface area contributed by atoms with Gasteiger partial charge in [-0.1, -0.05) is 47.5 Å². The maximum atomic E-state index is 12.6. The van der Waals surface area contributed by atoms with E-state index in [1.165, 1.54) is 33.3 Å². The molecule has 28 heavy (non-hydrogen) atoms. The summed E-state index contributed by atoms with van der Waals surface area (Å²) in [5.74, 6) is -0.0128. The zero-order chi connectivity index (χ0) is 19.7. The first-order valence-electron chi connectivity index (χ1n) is 8.99. The lowest BCUT2D eigenvalue weighted by Crippen LogP contribution is -2.23. The molecule has 0 radical (unpaired) electrons. The Hall–Kier alpha value is -2.63. The third kappa shape index (κ3) is 3.96. The van der Waals surface area contributed by atoms with Crippen molar-refractivity contribution in [3.05, 3.63) is 81.6 Å². The van der Waals surface area contributed by atoms with Gasteiger partial charge in [-0.05, 0) is 61.5 Å². The fraction of sp³-hybridized carbons (Fsp3) is 0.130. The van der Waals surface area contributed by atoms with Crippen molar-refractivity contribution in [2.45, 2.75) is 13.8 Å². The third-order valence-corrected chi connectivity index (χ3v) is 6.64. The second-order valence-electron chi connectivity index (χ2n) is 6.77. The number of hydrogen-bond acceptors (Lipinski definition) is 4. The van der Waals surface area contributed by atoms with Crippen molar-refractivity contribution in [1.29, 1.82) is 0 Å². The molecule has 1 aliphatic heterocycles. The van der Waals surface area contributed by atoms with Gasteiger partial charge < -0.3 is 0 Å². The fourth-order valence-electron chi connectivity index (χ4n) is 2.81. The van der Waals surface area contributed by atoms with Gasteiger partial charge in [0.15, 0.2) is 5.17 Å². The molecule has 5 heteroatoms. The molecule has 0 aliphatic carbocycles. The first-order chi connectivity index (χ1) is 13.5. The van der Waals surface area contributed by atoms with Gasteiger partial charge in [0.25, 0.3) is 5.91 Å². The Morgan fingerprint density at radius 1 is 0.893 bits per heavy atom. The van der Waals surface area contributed by atoms with Crippen molar-refractivity contribution in [3.63, 3.8) is 0 Å². The molecule has 2 aromatic carbocycles. The lowest BCUT2D eigenvalue weighted by Gasteiger charge is -2.07. The van der Waals surface area contributed by atoms with Crippen LogP contribution in [-0.4, -0.2) is 23.0 Å². The number of nitrogens with zero attached hydrogens (tertiary/aromatic N) is 2. The molecule has 0 atom stereocenters. The molecule has 0 N–H and O–H groups in total. The highest BCUT2D eigenvalue weighted by Crippen LogP contribution is 2.36. The van der Waals surface area contributed by atoms with E-state index in [0.29, 0.717) is 10.1 Å². The van der Waals surface area contributed by atoms with Crippen LogP contribution in [0.3, 0.4) is 0 Å². The van der Waals surface area contributed by atoms with Crippen LogP contribution in [-0.2, 0) is 4.79 Å². The lowest BCUT2D eigenvalue weighted by molar-refractivity contribution is -0.121. The number of carbonyl (C=O) groups excluding carboxylic acids is 1. The van der Waals surface area contributed by atoms with Gasteiger partial charge in [-0.2, -0.15) is 0 Å². The van der Waals surface area contributed by atoms with Crippen LogP contribution in [0.1, 0.15) is 16.0 Å². The molecule has 0 bridgehead atoms. The van der Waals surface area contributed by atoms with E-state index in [1.807, 2.05) is 37.3 Å². The number of rotatable bonds is 3. The van der Waals surface area contributed by atoms with Gasteiger partial charge in [-0.3, -0.25) is 9.69 Å². The molecule has 140 valence electrons. The largest absolute Gasteiger partial charge is 0.290 e. The minimum Gasteiger partial charge on any atom is -0.290 e. The molecule has 1 fully saturated rings. The van der Waals surface area contributed by atoms with Crippen molar-refractivity contribution in [2.75, 3.05) is 7.05 Å². The second kappa shape index (κ2) is 7.78. The van der Waals surface area contributed by atoms with Crippen LogP contribution in [0.2, 0.25) is 0 Å². The monoisotopic (exact) mass is 404 g/mol. The molecule has 3 aromatic rings. The summed E-state index contributed by atoms with van der Waals surface area (Å²) in [5.41, 5.74) is 4.49. The molecule has 0 saturated carbocycles.